The third kappa shape index (κ3) is 1.61. The molecule has 0 atom stereocenters. The summed E-state index contributed by atoms with van der Waals surface area (Å²) in [5.74, 6) is 0.150. The van der Waals surface area contributed by atoms with E-state index in [0.29, 0.717) is 0 Å². The fourth-order valence-electron chi connectivity index (χ4n) is 1.19. The molecule has 0 heterocycles. The minimum atomic E-state index is 0.0735. The van der Waals surface area contributed by atoms with Crippen molar-refractivity contribution in [1.29, 1.82) is 0 Å². The lowest BCUT2D eigenvalue weighted by atomic mass is 10.1. The molecule has 0 aromatic heterocycles. The molecule has 0 saturated carbocycles. The topological polar surface area (TPSA) is 40.5 Å². The van der Waals surface area contributed by atoms with Gasteiger partial charge in [-0.15, -0.1) is 0 Å². The van der Waals surface area contributed by atoms with Gasteiger partial charge in [0.1, 0.15) is 0 Å². The molecule has 12 heavy (non-hydrogen) atoms. The predicted molar refractivity (Wildman–Crippen MR) is 53.3 cm³/mol. The first-order valence-electron chi connectivity index (χ1n) is 4.17. The van der Waals surface area contributed by atoms with E-state index in [2.05, 4.69) is 0 Å². The van der Waals surface area contributed by atoms with Crippen molar-refractivity contribution in [2.24, 2.45) is 0 Å². The van der Waals surface area contributed by atoms with Crippen LogP contribution in [0.1, 0.15) is 18.9 Å². The molecule has 0 aliphatic carbocycles. The second-order valence-corrected chi connectivity index (χ2v) is 4.07. The van der Waals surface area contributed by atoms with Gasteiger partial charge in [-0.2, -0.15) is 0 Å². The third-order valence-electron chi connectivity index (χ3n) is 1.96. The molecule has 0 radical (unpaired) electrons. The van der Waals surface area contributed by atoms with Crippen LogP contribution in [0.15, 0.2) is 12.1 Å². The maximum absolute atomic E-state index is 9.48. The Morgan fingerprint density at radius 3 is 2.50 bits per heavy atom. The van der Waals surface area contributed by atoms with Gasteiger partial charge in [-0.3, -0.25) is 0 Å². The average Bonchev–Trinajstić information content (AvgIpc) is 2.07. The van der Waals surface area contributed by atoms with Crippen molar-refractivity contribution in [3.8, 4) is 11.5 Å². The van der Waals surface area contributed by atoms with Crippen LogP contribution in [0.4, 0.5) is 0 Å². The van der Waals surface area contributed by atoms with Gasteiger partial charge in [0.15, 0.2) is 11.5 Å². The van der Waals surface area contributed by atoms with E-state index in [0.717, 1.165) is 33.8 Å². The molecule has 2 nitrogen and oxygen atoms in total. The highest BCUT2D eigenvalue weighted by atomic mass is 28.1. The molecule has 0 aliphatic rings. The van der Waals surface area contributed by atoms with Crippen LogP contribution in [0.3, 0.4) is 0 Å². The molecule has 2 N–H and O–H groups in total. The molecular formula is C9H14O2Si. The lowest BCUT2D eigenvalue weighted by Gasteiger charge is -2.06. The van der Waals surface area contributed by atoms with Crippen molar-refractivity contribution in [2.75, 3.05) is 0 Å². The Morgan fingerprint density at radius 1 is 1.25 bits per heavy atom. The second kappa shape index (κ2) is 3.63. The number of hydrogen-bond donors (Lipinski definition) is 2. The van der Waals surface area contributed by atoms with Crippen LogP contribution in [-0.2, 0) is 6.42 Å². The van der Waals surface area contributed by atoms with Crippen LogP contribution in [0.25, 0.3) is 0 Å². The molecule has 3 heteroatoms. The monoisotopic (exact) mass is 182 g/mol. The van der Waals surface area contributed by atoms with Crippen LogP contribution < -0.4 is 5.19 Å². The largest absolute Gasteiger partial charge is 0.504 e. The van der Waals surface area contributed by atoms with E-state index in [4.69, 9.17) is 0 Å². The number of hydrogen-bond acceptors (Lipinski definition) is 2. The molecule has 0 bridgehead atoms. The number of aromatic hydroxyl groups is 2. The highest BCUT2D eigenvalue weighted by Crippen LogP contribution is 2.26. The molecule has 0 unspecified atom stereocenters. The number of phenols is 2. The average molecular weight is 182 g/mol. The lowest BCUT2D eigenvalue weighted by Crippen LogP contribution is -2.03. The molecule has 0 spiro atoms. The first kappa shape index (κ1) is 9.13. The Bertz CT molecular complexity index is 284. The van der Waals surface area contributed by atoms with Crippen molar-refractivity contribution in [1.82, 2.24) is 0 Å². The minimum absolute atomic E-state index is 0.0735. The molecule has 66 valence electrons. The summed E-state index contributed by atoms with van der Waals surface area (Å²) in [4.78, 5) is 0. The Hall–Kier alpha value is -0.963. The van der Waals surface area contributed by atoms with Gasteiger partial charge in [-0.05, 0) is 17.2 Å². The summed E-state index contributed by atoms with van der Waals surface area (Å²) in [6, 6.07) is 3.77. The van der Waals surface area contributed by atoms with Crippen molar-refractivity contribution >= 4 is 15.4 Å². The number of benzene rings is 1. The minimum Gasteiger partial charge on any atom is -0.504 e. The number of aryl methyl sites for hydroxylation is 1. The molecule has 1 aromatic carbocycles. The Labute approximate surface area is 75.3 Å². The van der Waals surface area contributed by atoms with Gasteiger partial charge >= 0.3 is 0 Å². The zero-order valence-corrected chi connectivity index (χ0v) is 9.46. The van der Waals surface area contributed by atoms with E-state index in [9.17, 15) is 10.2 Å². The van der Waals surface area contributed by atoms with Crippen molar-refractivity contribution in [2.45, 2.75) is 19.8 Å². The maximum atomic E-state index is 9.48. The summed E-state index contributed by atoms with van der Waals surface area (Å²) in [5.41, 5.74) is 0.842. The normalized spacial score (nSPS) is 10.4. The van der Waals surface area contributed by atoms with Crippen molar-refractivity contribution in [3.05, 3.63) is 17.7 Å². The Kier molecular flexibility index (Phi) is 2.76. The smallest absolute Gasteiger partial charge is 0.160 e. The van der Waals surface area contributed by atoms with E-state index >= 15 is 0 Å². The third-order valence-corrected chi connectivity index (χ3v) is 2.76. The van der Waals surface area contributed by atoms with E-state index < -0.39 is 0 Å². The fourth-order valence-corrected chi connectivity index (χ4v) is 1.60. The quantitative estimate of drug-likeness (QED) is 0.501. The zero-order valence-electron chi connectivity index (χ0n) is 7.46. The Balaban J connectivity index is 3.08. The van der Waals surface area contributed by atoms with Gasteiger partial charge in [0.2, 0.25) is 0 Å². The second-order valence-electron chi connectivity index (χ2n) is 2.99. The van der Waals surface area contributed by atoms with Crippen molar-refractivity contribution in [3.63, 3.8) is 0 Å². The molecular weight excluding hydrogens is 168 g/mol. The van der Waals surface area contributed by atoms with Gasteiger partial charge in [0.05, 0.1) is 0 Å². The standard InChI is InChI=1S/C9H14O2Si/c1-2-3-6-4-5-7(12)9(11)8(6)10/h4-5,10-11H,2-3H2,1,12H3. The first-order chi connectivity index (χ1) is 5.66. The molecule has 1 rings (SSSR count). The van der Waals surface area contributed by atoms with E-state index in [-0.39, 0.29) is 11.5 Å². The van der Waals surface area contributed by atoms with Gasteiger partial charge in [0.25, 0.3) is 0 Å². The summed E-state index contributed by atoms with van der Waals surface area (Å²) < 4.78 is 0. The SMILES string of the molecule is CCCc1ccc([SiH3])c(O)c1O. The van der Waals surface area contributed by atoms with Crippen LogP contribution in [-0.4, -0.2) is 20.5 Å². The molecule has 0 amide bonds. The molecule has 0 fully saturated rings. The van der Waals surface area contributed by atoms with E-state index in [1.165, 1.54) is 0 Å². The zero-order chi connectivity index (χ0) is 9.14. The van der Waals surface area contributed by atoms with Gasteiger partial charge in [-0.1, -0.05) is 25.5 Å². The predicted octanol–water partition coefficient (Wildman–Crippen LogP) is 0.0410. The van der Waals surface area contributed by atoms with Crippen molar-refractivity contribution < 1.29 is 10.2 Å². The lowest BCUT2D eigenvalue weighted by molar-refractivity contribution is 0.402. The Morgan fingerprint density at radius 2 is 1.92 bits per heavy atom. The summed E-state index contributed by atoms with van der Waals surface area (Å²) in [5, 5.41) is 19.7. The van der Waals surface area contributed by atoms with Gasteiger partial charge in [0, 0.05) is 10.2 Å². The highest BCUT2D eigenvalue weighted by Gasteiger charge is 2.07. The van der Waals surface area contributed by atoms with Crippen LogP contribution in [0.5, 0.6) is 11.5 Å². The summed E-state index contributed by atoms with van der Waals surface area (Å²) in [6.07, 6.45) is 1.80. The van der Waals surface area contributed by atoms with E-state index in [1.807, 2.05) is 19.1 Å². The van der Waals surface area contributed by atoms with Crippen LogP contribution >= 0.6 is 0 Å². The number of phenolic OH excluding ortho intramolecular Hbond substituents is 2. The molecule has 0 saturated heterocycles. The van der Waals surface area contributed by atoms with Crippen LogP contribution in [0.2, 0.25) is 0 Å². The summed E-state index contributed by atoms with van der Waals surface area (Å²) in [6.45, 7) is 2.05. The van der Waals surface area contributed by atoms with Crippen LogP contribution in [0, 0.1) is 0 Å². The summed E-state index contributed by atoms with van der Waals surface area (Å²) in [7, 11) is 0.767. The molecule has 1 aromatic rings. The fraction of sp³-hybridized carbons (Fsp3) is 0.333. The summed E-state index contributed by atoms with van der Waals surface area (Å²) >= 11 is 0. The van der Waals surface area contributed by atoms with Gasteiger partial charge < -0.3 is 10.2 Å². The maximum Gasteiger partial charge on any atom is 0.160 e. The molecule has 0 aliphatic heterocycles. The first-order valence-corrected chi connectivity index (χ1v) is 5.17. The number of rotatable bonds is 2. The van der Waals surface area contributed by atoms with E-state index in [1.54, 1.807) is 0 Å². The highest BCUT2D eigenvalue weighted by molar-refractivity contribution is 6.34. The van der Waals surface area contributed by atoms with Gasteiger partial charge in [-0.25, -0.2) is 0 Å².